The van der Waals surface area contributed by atoms with E-state index in [-0.39, 0.29) is 35.3 Å². The second-order valence-electron chi connectivity index (χ2n) is 8.50. The fourth-order valence-electron chi connectivity index (χ4n) is 5.77. The molecule has 0 N–H and O–H groups in total. The van der Waals surface area contributed by atoms with Gasteiger partial charge in [-0.25, -0.2) is 0 Å². The Morgan fingerprint density at radius 3 is 2.57 bits per heavy atom. The third-order valence-corrected chi connectivity index (χ3v) is 6.83. The third-order valence-electron chi connectivity index (χ3n) is 6.83. The van der Waals surface area contributed by atoms with Crippen LogP contribution in [0, 0.1) is 17.3 Å². The molecule has 148 valence electrons. The number of benzene rings is 1. The molecule has 0 spiro atoms. The maximum absolute atomic E-state index is 12.9. The molecule has 1 aromatic rings. The van der Waals surface area contributed by atoms with Gasteiger partial charge in [-0.1, -0.05) is 13.0 Å². The summed E-state index contributed by atoms with van der Waals surface area (Å²) in [7, 11) is 0. The van der Waals surface area contributed by atoms with Crippen LogP contribution in [0.2, 0.25) is 0 Å². The molecule has 6 nitrogen and oxygen atoms in total. The molecule has 0 amide bonds. The Hall–Kier alpha value is -2.50. The predicted molar refractivity (Wildman–Crippen MR) is 98.9 cm³/mol. The van der Waals surface area contributed by atoms with E-state index >= 15 is 0 Å². The highest BCUT2D eigenvalue weighted by molar-refractivity contribution is 6.00. The quantitative estimate of drug-likeness (QED) is 0.575. The molecule has 0 radical (unpaired) electrons. The molecule has 5 atom stereocenters. The van der Waals surface area contributed by atoms with Crippen molar-refractivity contribution in [2.24, 2.45) is 17.3 Å². The molecule has 0 bridgehead atoms. The van der Waals surface area contributed by atoms with Crippen molar-refractivity contribution in [3.05, 3.63) is 29.3 Å². The van der Waals surface area contributed by atoms with Crippen molar-refractivity contribution in [1.82, 2.24) is 0 Å². The van der Waals surface area contributed by atoms with Crippen LogP contribution in [0.25, 0.3) is 0 Å². The van der Waals surface area contributed by atoms with Crippen LogP contribution in [-0.2, 0) is 19.1 Å². The lowest BCUT2D eigenvalue weighted by molar-refractivity contribution is -0.158. The Morgan fingerprint density at radius 1 is 1.14 bits per heavy atom. The van der Waals surface area contributed by atoms with Crippen molar-refractivity contribution in [3.8, 4) is 5.75 Å². The molecule has 28 heavy (non-hydrogen) atoms. The van der Waals surface area contributed by atoms with Gasteiger partial charge in [0.1, 0.15) is 17.6 Å². The highest BCUT2D eigenvalue weighted by atomic mass is 16.5. The van der Waals surface area contributed by atoms with Crippen molar-refractivity contribution in [2.45, 2.75) is 58.5 Å². The Balaban J connectivity index is 1.79. The number of Topliss-reactive ketones (excluding diaryl/α,β-unsaturated/α-hetero) is 2. The topological polar surface area (TPSA) is 86.7 Å². The van der Waals surface area contributed by atoms with Gasteiger partial charge >= 0.3 is 11.9 Å². The molecule has 0 saturated heterocycles. The molecular weight excluding hydrogens is 360 g/mol. The molecule has 6 heteroatoms. The number of carbonyl (C=O) groups is 4. The van der Waals surface area contributed by atoms with Gasteiger partial charge in [0.15, 0.2) is 5.78 Å². The molecule has 2 fully saturated rings. The molecule has 0 heterocycles. The fourth-order valence-corrected chi connectivity index (χ4v) is 5.77. The number of hydrogen-bond donors (Lipinski definition) is 0. The lowest BCUT2D eigenvalue weighted by atomic mass is 9.54. The standard InChI is InChI=1S/C22H24O6/c1-11(23)27-13-4-5-14-15(8-13)18(25)9-16-17-6-7-20(26)22(17,3)10-19(21(14)16)28-12(2)24/h4-5,8,16-17,19,21H,6-7,9-10H2,1-3H3/t16-,17-,19-,21+,22-/m0/s1. The number of hydrogen-bond acceptors (Lipinski definition) is 6. The number of ketones is 2. The number of carbonyl (C=O) groups excluding carboxylic acids is 4. The summed E-state index contributed by atoms with van der Waals surface area (Å²) in [5.74, 6) is -0.364. The molecule has 3 aliphatic rings. The van der Waals surface area contributed by atoms with Crippen LogP contribution < -0.4 is 4.74 Å². The van der Waals surface area contributed by atoms with E-state index in [1.54, 1.807) is 18.2 Å². The van der Waals surface area contributed by atoms with Crippen molar-refractivity contribution in [3.63, 3.8) is 0 Å². The van der Waals surface area contributed by atoms with E-state index in [0.29, 0.717) is 30.6 Å². The fraction of sp³-hybridized carbons (Fsp3) is 0.545. The average molecular weight is 384 g/mol. The van der Waals surface area contributed by atoms with Crippen LogP contribution in [-0.4, -0.2) is 29.6 Å². The van der Waals surface area contributed by atoms with Crippen molar-refractivity contribution in [1.29, 1.82) is 0 Å². The second-order valence-corrected chi connectivity index (χ2v) is 8.50. The summed E-state index contributed by atoms with van der Waals surface area (Å²) in [6.07, 6.45) is 1.64. The lowest BCUT2D eigenvalue weighted by Gasteiger charge is -2.50. The second kappa shape index (κ2) is 6.54. The zero-order valence-electron chi connectivity index (χ0n) is 16.3. The minimum atomic E-state index is -0.545. The Labute approximate surface area is 163 Å². The van der Waals surface area contributed by atoms with Gasteiger partial charge in [-0.15, -0.1) is 0 Å². The minimum absolute atomic E-state index is 0.0181. The summed E-state index contributed by atoms with van der Waals surface area (Å²) >= 11 is 0. The monoisotopic (exact) mass is 384 g/mol. The SMILES string of the molecule is CC(=O)Oc1ccc2c(c1)C(=O)C[C@@H]1[C@@H]2[C@@H](OC(C)=O)C[C@]2(C)C(=O)CC[C@@H]12. The summed E-state index contributed by atoms with van der Waals surface area (Å²) in [4.78, 5) is 48.6. The normalized spacial score (nSPS) is 33.5. The molecule has 3 aliphatic carbocycles. The zero-order chi connectivity index (χ0) is 20.2. The van der Waals surface area contributed by atoms with Crippen LogP contribution in [0.5, 0.6) is 5.75 Å². The Kier molecular flexibility index (Phi) is 4.40. The molecule has 0 aromatic heterocycles. The first-order chi connectivity index (χ1) is 13.2. The number of esters is 2. The summed E-state index contributed by atoms with van der Waals surface area (Å²) in [5, 5.41) is 0. The van der Waals surface area contributed by atoms with Crippen molar-refractivity contribution >= 4 is 23.5 Å². The first-order valence-corrected chi connectivity index (χ1v) is 9.77. The van der Waals surface area contributed by atoms with E-state index in [0.717, 1.165) is 12.0 Å². The predicted octanol–water partition coefficient (Wildman–Crippen LogP) is 3.22. The summed E-state index contributed by atoms with van der Waals surface area (Å²) in [6.45, 7) is 4.65. The van der Waals surface area contributed by atoms with Gasteiger partial charge in [-0.3, -0.25) is 19.2 Å². The van der Waals surface area contributed by atoms with Gasteiger partial charge < -0.3 is 9.47 Å². The Morgan fingerprint density at radius 2 is 1.89 bits per heavy atom. The van der Waals surface area contributed by atoms with Crippen LogP contribution >= 0.6 is 0 Å². The number of rotatable bonds is 2. The van der Waals surface area contributed by atoms with Crippen LogP contribution in [0.1, 0.15) is 68.3 Å². The lowest BCUT2D eigenvalue weighted by Crippen LogP contribution is -2.51. The van der Waals surface area contributed by atoms with Crippen molar-refractivity contribution < 1.29 is 28.7 Å². The van der Waals surface area contributed by atoms with Gasteiger partial charge in [-0.2, -0.15) is 0 Å². The van der Waals surface area contributed by atoms with E-state index in [2.05, 4.69) is 0 Å². The van der Waals surface area contributed by atoms with Crippen molar-refractivity contribution in [2.75, 3.05) is 0 Å². The third kappa shape index (κ3) is 2.86. The number of fused-ring (bicyclic) bond motifs is 5. The van der Waals surface area contributed by atoms with E-state index in [9.17, 15) is 19.2 Å². The summed E-state index contributed by atoms with van der Waals surface area (Å²) in [6, 6.07) is 5.08. The molecule has 2 saturated carbocycles. The molecule has 0 unspecified atom stereocenters. The minimum Gasteiger partial charge on any atom is -0.462 e. The summed E-state index contributed by atoms with van der Waals surface area (Å²) < 4.78 is 10.8. The highest BCUT2D eigenvalue weighted by Crippen LogP contribution is 2.60. The van der Waals surface area contributed by atoms with Crippen LogP contribution in [0.15, 0.2) is 18.2 Å². The smallest absolute Gasteiger partial charge is 0.308 e. The average Bonchev–Trinajstić information content (AvgIpc) is 2.89. The van der Waals surface area contributed by atoms with Gasteiger partial charge in [0, 0.05) is 43.6 Å². The highest BCUT2D eigenvalue weighted by Gasteiger charge is 2.59. The van der Waals surface area contributed by atoms with Gasteiger partial charge in [0.05, 0.1) is 0 Å². The Bertz CT molecular complexity index is 887. The molecule has 4 rings (SSSR count). The molecule has 0 aliphatic heterocycles. The largest absolute Gasteiger partial charge is 0.462 e. The molecular formula is C22H24O6. The van der Waals surface area contributed by atoms with Gasteiger partial charge in [0.2, 0.25) is 0 Å². The maximum atomic E-state index is 12.9. The molecule has 1 aromatic carbocycles. The zero-order valence-corrected chi connectivity index (χ0v) is 16.3. The first kappa shape index (κ1) is 18.8. The van der Waals surface area contributed by atoms with Gasteiger partial charge in [-0.05, 0) is 42.4 Å². The maximum Gasteiger partial charge on any atom is 0.308 e. The van der Waals surface area contributed by atoms with E-state index in [1.807, 2.05) is 6.92 Å². The van der Waals surface area contributed by atoms with E-state index in [1.165, 1.54) is 13.8 Å². The first-order valence-electron chi connectivity index (χ1n) is 9.77. The van der Waals surface area contributed by atoms with E-state index in [4.69, 9.17) is 9.47 Å². The van der Waals surface area contributed by atoms with Crippen LogP contribution in [0.3, 0.4) is 0 Å². The van der Waals surface area contributed by atoms with Gasteiger partial charge in [0.25, 0.3) is 0 Å². The summed E-state index contributed by atoms with van der Waals surface area (Å²) in [5.41, 5.74) is 0.798. The van der Waals surface area contributed by atoms with Crippen LogP contribution in [0.4, 0.5) is 0 Å². The number of ether oxygens (including phenoxy) is 2. The van der Waals surface area contributed by atoms with E-state index < -0.39 is 17.5 Å².